The van der Waals surface area contributed by atoms with Crippen molar-refractivity contribution in [2.75, 3.05) is 11.9 Å². The number of hydrogen-bond donors (Lipinski definition) is 2. The van der Waals surface area contributed by atoms with Crippen molar-refractivity contribution >= 4 is 59.9 Å². The third-order valence-corrected chi connectivity index (χ3v) is 5.90. The summed E-state index contributed by atoms with van der Waals surface area (Å²) in [5.74, 6) is -0.201. The van der Waals surface area contributed by atoms with E-state index in [0.29, 0.717) is 0 Å². The highest BCUT2D eigenvalue weighted by molar-refractivity contribution is 9.11. The number of nitrogens with zero attached hydrogens (tertiary/aromatic N) is 1. The van der Waals surface area contributed by atoms with Gasteiger partial charge in [0.15, 0.2) is 0 Å². The number of rotatable bonds is 5. The number of nitrogens with one attached hydrogen (secondary N) is 2. The lowest BCUT2D eigenvalue weighted by Gasteiger charge is -2.09. The second kappa shape index (κ2) is 8.67. The highest BCUT2D eigenvalue weighted by Gasteiger charge is 2.07. The average Bonchev–Trinajstić information content (AvgIpc) is 2.68. The van der Waals surface area contributed by atoms with E-state index in [1.54, 1.807) is 0 Å². The lowest BCUT2D eigenvalue weighted by molar-refractivity contribution is -0.119. The lowest BCUT2D eigenvalue weighted by atomic mass is 10.1. The van der Waals surface area contributed by atoms with Crippen molar-refractivity contribution in [1.82, 2.24) is 5.43 Å². The van der Waals surface area contributed by atoms with Crippen LogP contribution in [0.2, 0.25) is 0 Å². The molecule has 0 aliphatic carbocycles. The van der Waals surface area contributed by atoms with E-state index in [2.05, 4.69) is 53.8 Å². The van der Waals surface area contributed by atoms with Crippen molar-refractivity contribution < 1.29 is 4.79 Å². The molecule has 0 bridgehead atoms. The SMILES string of the molecule is C/C(=N\NC(=O)CNc1ccc2ccccc2c1)c1cc(Br)c(C)c(Br)c1. The predicted molar refractivity (Wildman–Crippen MR) is 119 cm³/mol. The van der Waals surface area contributed by atoms with Gasteiger partial charge in [0.05, 0.1) is 12.3 Å². The molecule has 0 radical (unpaired) electrons. The Labute approximate surface area is 175 Å². The van der Waals surface area contributed by atoms with Gasteiger partial charge in [-0.3, -0.25) is 4.79 Å². The van der Waals surface area contributed by atoms with Gasteiger partial charge in [0.1, 0.15) is 0 Å². The van der Waals surface area contributed by atoms with Crippen LogP contribution in [0.1, 0.15) is 18.1 Å². The molecule has 0 saturated carbocycles. The number of hydrazone groups is 1. The second-order valence-electron chi connectivity index (χ2n) is 6.21. The summed E-state index contributed by atoms with van der Waals surface area (Å²) in [4.78, 5) is 12.1. The molecule has 3 aromatic carbocycles. The molecule has 0 heterocycles. The molecule has 138 valence electrons. The standard InChI is InChI=1S/C21H19Br2N3O/c1-13-19(22)10-17(11-20(13)23)14(2)25-26-21(27)12-24-18-8-7-15-5-3-4-6-16(15)9-18/h3-11,24H,12H2,1-2H3,(H,26,27)/b25-14+. The maximum Gasteiger partial charge on any atom is 0.259 e. The minimum Gasteiger partial charge on any atom is -0.376 e. The average molecular weight is 489 g/mol. The van der Waals surface area contributed by atoms with E-state index in [1.807, 2.05) is 62.4 Å². The van der Waals surface area contributed by atoms with Crippen LogP contribution in [-0.4, -0.2) is 18.2 Å². The summed E-state index contributed by atoms with van der Waals surface area (Å²) in [6.45, 7) is 4.03. The smallest absolute Gasteiger partial charge is 0.259 e. The van der Waals surface area contributed by atoms with Gasteiger partial charge in [0.25, 0.3) is 5.91 Å². The normalized spacial score (nSPS) is 11.5. The van der Waals surface area contributed by atoms with E-state index in [-0.39, 0.29) is 12.5 Å². The van der Waals surface area contributed by atoms with Crippen LogP contribution in [-0.2, 0) is 4.79 Å². The summed E-state index contributed by atoms with van der Waals surface area (Å²) >= 11 is 7.06. The van der Waals surface area contributed by atoms with E-state index in [9.17, 15) is 4.79 Å². The van der Waals surface area contributed by atoms with E-state index < -0.39 is 0 Å². The molecule has 0 aliphatic rings. The minimum absolute atomic E-state index is 0.149. The third kappa shape index (κ3) is 4.96. The summed E-state index contributed by atoms with van der Waals surface area (Å²) in [5.41, 5.74) is 6.28. The Kier molecular flexibility index (Phi) is 6.29. The molecule has 0 atom stereocenters. The van der Waals surface area contributed by atoms with Gasteiger partial charge in [-0.1, -0.05) is 62.2 Å². The molecule has 0 aliphatic heterocycles. The highest BCUT2D eigenvalue weighted by Crippen LogP contribution is 2.26. The molecule has 0 saturated heterocycles. The van der Waals surface area contributed by atoms with Crippen LogP contribution < -0.4 is 10.7 Å². The van der Waals surface area contributed by atoms with Crippen molar-refractivity contribution in [2.24, 2.45) is 5.10 Å². The molecule has 27 heavy (non-hydrogen) atoms. The molecule has 0 unspecified atom stereocenters. The first-order chi connectivity index (χ1) is 12.9. The Morgan fingerprint density at radius 3 is 2.37 bits per heavy atom. The zero-order chi connectivity index (χ0) is 19.4. The molecule has 6 heteroatoms. The summed E-state index contributed by atoms with van der Waals surface area (Å²) in [7, 11) is 0. The lowest BCUT2D eigenvalue weighted by Crippen LogP contribution is -2.26. The quantitative estimate of drug-likeness (QED) is 0.361. The summed E-state index contributed by atoms with van der Waals surface area (Å²) in [5, 5.41) is 9.63. The van der Waals surface area contributed by atoms with Gasteiger partial charge in [-0.15, -0.1) is 0 Å². The van der Waals surface area contributed by atoms with Gasteiger partial charge >= 0.3 is 0 Å². The summed E-state index contributed by atoms with van der Waals surface area (Å²) < 4.78 is 1.98. The number of benzene rings is 3. The molecule has 2 N–H and O–H groups in total. The van der Waals surface area contributed by atoms with Gasteiger partial charge in [-0.2, -0.15) is 5.10 Å². The van der Waals surface area contributed by atoms with E-state index in [4.69, 9.17) is 0 Å². The second-order valence-corrected chi connectivity index (χ2v) is 7.92. The topological polar surface area (TPSA) is 53.5 Å². The number of fused-ring (bicyclic) bond motifs is 1. The molecule has 0 spiro atoms. The fourth-order valence-corrected chi connectivity index (χ4v) is 3.77. The van der Waals surface area contributed by atoms with Crippen LogP contribution in [0.25, 0.3) is 10.8 Å². The van der Waals surface area contributed by atoms with Crippen LogP contribution in [0.4, 0.5) is 5.69 Å². The molecule has 0 aromatic heterocycles. The van der Waals surface area contributed by atoms with Crippen LogP contribution in [0.3, 0.4) is 0 Å². The molecule has 4 nitrogen and oxygen atoms in total. The first-order valence-electron chi connectivity index (χ1n) is 8.46. The zero-order valence-electron chi connectivity index (χ0n) is 15.0. The van der Waals surface area contributed by atoms with Crippen molar-refractivity contribution in [3.63, 3.8) is 0 Å². The molecule has 1 amide bonds. The fraction of sp³-hybridized carbons (Fsp3) is 0.143. The highest BCUT2D eigenvalue weighted by atomic mass is 79.9. The largest absolute Gasteiger partial charge is 0.376 e. The molecule has 3 aromatic rings. The predicted octanol–water partition coefficient (Wildman–Crippen LogP) is 5.63. The van der Waals surface area contributed by atoms with Gasteiger partial charge in [0.2, 0.25) is 0 Å². The number of carbonyl (C=O) groups is 1. The Balaban J connectivity index is 1.60. The Morgan fingerprint density at radius 2 is 1.67 bits per heavy atom. The van der Waals surface area contributed by atoms with Crippen molar-refractivity contribution in [1.29, 1.82) is 0 Å². The van der Waals surface area contributed by atoms with Crippen LogP contribution in [0, 0.1) is 6.92 Å². The first kappa shape index (κ1) is 19.6. The van der Waals surface area contributed by atoms with Crippen molar-refractivity contribution in [3.05, 3.63) is 74.7 Å². The Bertz CT molecular complexity index is 1010. The number of amides is 1. The number of anilines is 1. The van der Waals surface area contributed by atoms with Gasteiger partial charge in [-0.05, 0) is 60.0 Å². The monoisotopic (exact) mass is 487 g/mol. The third-order valence-electron chi connectivity index (χ3n) is 4.25. The Hall–Kier alpha value is -2.18. The van der Waals surface area contributed by atoms with E-state index in [0.717, 1.165) is 36.9 Å². The zero-order valence-corrected chi connectivity index (χ0v) is 18.2. The van der Waals surface area contributed by atoms with Crippen LogP contribution in [0.15, 0.2) is 68.6 Å². The number of carbonyl (C=O) groups excluding carboxylic acids is 1. The van der Waals surface area contributed by atoms with Gasteiger partial charge < -0.3 is 5.32 Å². The van der Waals surface area contributed by atoms with Crippen molar-refractivity contribution in [2.45, 2.75) is 13.8 Å². The van der Waals surface area contributed by atoms with E-state index in [1.165, 1.54) is 5.39 Å². The first-order valence-corrected chi connectivity index (χ1v) is 10.0. The van der Waals surface area contributed by atoms with Crippen LogP contribution in [0.5, 0.6) is 0 Å². The minimum atomic E-state index is -0.201. The van der Waals surface area contributed by atoms with Gasteiger partial charge in [0, 0.05) is 14.6 Å². The number of hydrogen-bond acceptors (Lipinski definition) is 3. The molecule has 0 fully saturated rings. The summed E-state index contributed by atoms with van der Waals surface area (Å²) in [6, 6.07) is 18.1. The number of halogens is 2. The molecular weight excluding hydrogens is 470 g/mol. The Morgan fingerprint density at radius 1 is 1.00 bits per heavy atom. The fourth-order valence-electron chi connectivity index (χ4n) is 2.59. The summed E-state index contributed by atoms with van der Waals surface area (Å²) in [6.07, 6.45) is 0. The maximum atomic E-state index is 12.1. The van der Waals surface area contributed by atoms with E-state index >= 15 is 0 Å². The molecular formula is C21H19Br2N3O. The maximum absolute atomic E-state index is 12.1. The van der Waals surface area contributed by atoms with Gasteiger partial charge in [-0.25, -0.2) is 5.43 Å². The van der Waals surface area contributed by atoms with Crippen molar-refractivity contribution in [3.8, 4) is 0 Å². The molecule has 3 rings (SSSR count). The van der Waals surface area contributed by atoms with Crippen LogP contribution >= 0.6 is 31.9 Å².